The molecule has 3 rings (SSSR count). The van der Waals surface area contributed by atoms with Crippen molar-refractivity contribution < 1.29 is 9.53 Å². The third-order valence-corrected chi connectivity index (χ3v) is 4.09. The van der Waals surface area contributed by atoms with Crippen LogP contribution in [0.15, 0.2) is 47.5 Å². The first kappa shape index (κ1) is 17.0. The minimum Gasteiger partial charge on any atom is -0.497 e. The zero-order chi connectivity index (χ0) is 17.6. The van der Waals surface area contributed by atoms with E-state index in [0.29, 0.717) is 19.0 Å². The number of amides is 1. The first-order chi connectivity index (χ1) is 12.2. The van der Waals surface area contributed by atoms with E-state index in [9.17, 15) is 9.59 Å². The molecule has 0 saturated heterocycles. The Labute approximate surface area is 146 Å². The molecule has 1 aliphatic carbocycles. The molecule has 0 bridgehead atoms. The Morgan fingerprint density at radius 1 is 1.36 bits per heavy atom. The molecule has 2 aromatic rings. The van der Waals surface area contributed by atoms with Gasteiger partial charge in [-0.15, -0.1) is 0 Å². The molecule has 0 radical (unpaired) electrons. The van der Waals surface area contributed by atoms with Crippen molar-refractivity contribution in [1.29, 1.82) is 0 Å². The van der Waals surface area contributed by atoms with Crippen molar-refractivity contribution in [3.05, 3.63) is 64.3 Å². The largest absolute Gasteiger partial charge is 0.497 e. The Balaban J connectivity index is 1.47. The highest BCUT2D eigenvalue weighted by atomic mass is 16.5. The van der Waals surface area contributed by atoms with Gasteiger partial charge < -0.3 is 10.1 Å². The summed E-state index contributed by atoms with van der Waals surface area (Å²) in [6.45, 7) is 0.773. The first-order valence-corrected chi connectivity index (χ1v) is 8.32. The summed E-state index contributed by atoms with van der Waals surface area (Å²) in [7, 11) is 1.61. The second kappa shape index (κ2) is 7.79. The van der Waals surface area contributed by atoms with Gasteiger partial charge in [0.15, 0.2) is 0 Å². The van der Waals surface area contributed by atoms with Gasteiger partial charge in [0, 0.05) is 31.1 Å². The molecule has 25 heavy (non-hydrogen) atoms. The van der Waals surface area contributed by atoms with Gasteiger partial charge in [0.2, 0.25) is 5.91 Å². The zero-order valence-corrected chi connectivity index (χ0v) is 14.1. The van der Waals surface area contributed by atoms with E-state index >= 15 is 0 Å². The molecule has 130 valence electrons. The molecule has 1 aromatic heterocycles. The maximum atomic E-state index is 12.0. The smallest absolute Gasteiger partial charge is 0.253 e. The van der Waals surface area contributed by atoms with E-state index in [2.05, 4.69) is 10.3 Å². The van der Waals surface area contributed by atoms with E-state index in [1.807, 2.05) is 24.3 Å². The topological polar surface area (TPSA) is 73.2 Å². The van der Waals surface area contributed by atoms with Crippen LogP contribution in [0.25, 0.3) is 6.08 Å². The molecular weight excluding hydrogens is 318 g/mol. The second-order valence-corrected chi connectivity index (χ2v) is 6.02. The van der Waals surface area contributed by atoms with Crippen LogP contribution >= 0.6 is 0 Å². The van der Waals surface area contributed by atoms with Crippen LogP contribution in [0.4, 0.5) is 0 Å². The van der Waals surface area contributed by atoms with Gasteiger partial charge in [-0.1, -0.05) is 12.1 Å². The van der Waals surface area contributed by atoms with Crippen molar-refractivity contribution in [2.24, 2.45) is 0 Å². The number of benzene rings is 1. The van der Waals surface area contributed by atoms with Crippen LogP contribution in [0, 0.1) is 0 Å². The summed E-state index contributed by atoms with van der Waals surface area (Å²) < 4.78 is 6.60. The van der Waals surface area contributed by atoms with Crippen LogP contribution in [0.5, 0.6) is 5.75 Å². The van der Waals surface area contributed by atoms with Gasteiger partial charge in [-0.2, -0.15) is 0 Å². The highest BCUT2D eigenvalue weighted by molar-refractivity contribution is 5.91. The number of nitrogens with zero attached hydrogens (tertiary/aromatic N) is 2. The molecule has 0 aliphatic heterocycles. The molecule has 1 heterocycles. The number of aromatic nitrogens is 2. The maximum absolute atomic E-state index is 12.0. The van der Waals surface area contributed by atoms with E-state index in [0.717, 1.165) is 29.8 Å². The summed E-state index contributed by atoms with van der Waals surface area (Å²) in [5.74, 6) is 1.03. The Morgan fingerprint density at radius 3 is 2.76 bits per heavy atom. The number of nitrogens with one attached hydrogen (secondary N) is 1. The Hall–Kier alpha value is -2.89. The van der Waals surface area contributed by atoms with Gasteiger partial charge in [0.1, 0.15) is 5.75 Å². The third kappa shape index (κ3) is 4.79. The lowest BCUT2D eigenvalue weighted by Gasteiger charge is -2.06. The van der Waals surface area contributed by atoms with Gasteiger partial charge in [-0.3, -0.25) is 14.2 Å². The van der Waals surface area contributed by atoms with Gasteiger partial charge >= 0.3 is 0 Å². The lowest BCUT2D eigenvalue weighted by Crippen LogP contribution is -2.30. The van der Waals surface area contributed by atoms with Crippen molar-refractivity contribution in [1.82, 2.24) is 14.9 Å². The van der Waals surface area contributed by atoms with Crippen LogP contribution < -0.4 is 15.6 Å². The van der Waals surface area contributed by atoms with E-state index in [1.165, 1.54) is 10.6 Å². The molecule has 1 aliphatic rings. The average molecular weight is 339 g/mol. The molecule has 1 amide bonds. The molecule has 1 aromatic carbocycles. The molecule has 1 fully saturated rings. The zero-order valence-electron chi connectivity index (χ0n) is 14.1. The maximum Gasteiger partial charge on any atom is 0.253 e. The summed E-state index contributed by atoms with van der Waals surface area (Å²) in [5.41, 5.74) is 1.72. The normalized spacial score (nSPS) is 13.8. The Bertz CT molecular complexity index is 821. The Morgan fingerprint density at radius 2 is 2.12 bits per heavy atom. The number of carbonyl (C=O) groups is 1. The van der Waals surface area contributed by atoms with Crippen molar-refractivity contribution in [2.75, 3.05) is 13.7 Å². The molecule has 6 nitrogen and oxygen atoms in total. The summed E-state index contributed by atoms with van der Waals surface area (Å²) in [6.07, 6.45) is 7.00. The van der Waals surface area contributed by atoms with Crippen LogP contribution in [-0.2, 0) is 11.3 Å². The van der Waals surface area contributed by atoms with Gasteiger partial charge in [0.25, 0.3) is 5.56 Å². The van der Waals surface area contributed by atoms with Crippen LogP contribution in [0.2, 0.25) is 0 Å². The Kier molecular flexibility index (Phi) is 5.28. The molecule has 1 saturated carbocycles. The number of methoxy groups -OCH3 is 1. The van der Waals surface area contributed by atoms with E-state index in [1.54, 1.807) is 25.6 Å². The fourth-order valence-electron chi connectivity index (χ4n) is 2.46. The highest BCUT2D eigenvalue weighted by Crippen LogP contribution is 2.38. The molecule has 0 spiro atoms. The van der Waals surface area contributed by atoms with Gasteiger partial charge in [0.05, 0.1) is 19.1 Å². The lowest BCUT2D eigenvalue weighted by atomic mass is 10.2. The van der Waals surface area contributed by atoms with Gasteiger partial charge in [-0.25, -0.2) is 4.98 Å². The van der Waals surface area contributed by atoms with E-state index in [4.69, 9.17) is 4.74 Å². The number of ether oxygens (including phenoxy) is 1. The van der Waals surface area contributed by atoms with Crippen LogP contribution in [-0.4, -0.2) is 29.1 Å². The summed E-state index contributed by atoms with van der Waals surface area (Å²) in [4.78, 5) is 28.2. The standard InChI is InChI=1S/C19H21N3O3/c1-25-16-7-2-14(3-8-16)4-9-18(23)20-10-11-22-13-21-17(12-19(22)24)15-5-6-15/h2-4,7-9,12-13,15H,5-6,10-11H2,1H3,(H,20,23). The van der Waals surface area contributed by atoms with Crippen LogP contribution in [0.1, 0.15) is 30.0 Å². The summed E-state index contributed by atoms with van der Waals surface area (Å²) in [6, 6.07) is 9.01. The number of rotatable bonds is 7. The SMILES string of the molecule is COc1ccc(C=CC(=O)NCCn2cnc(C3CC3)cc2=O)cc1. The number of carbonyl (C=O) groups excluding carboxylic acids is 1. The van der Waals surface area contributed by atoms with Crippen molar-refractivity contribution in [3.63, 3.8) is 0 Å². The van der Waals surface area contributed by atoms with E-state index in [-0.39, 0.29) is 11.5 Å². The van der Waals surface area contributed by atoms with Crippen molar-refractivity contribution >= 4 is 12.0 Å². The molecule has 0 atom stereocenters. The quantitative estimate of drug-likeness (QED) is 0.783. The number of hydrogen-bond acceptors (Lipinski definition) is 4. The first-order valence-electron chi connectivity index (χ1n) is 8.32. The molecule has 0 unspecified atom stereocenters. The predicted octanol–water partition coefficient (Wildman–Crippen LogP) is 1.96. The summed E-state index contributed by atoms with van der Waals surface area (Å²) in [5, 5.41) is 2.76. The highest BCUT2D eigenvalue weighted by Gasteiger charge is 2.25. The third-order valence-electron chi connectivity index (χ3n) is 4.09. The van der Waals surface area contributed by atoms with Crippen molar-refractivity contribution in [3.8, 4) is 5.75 Å². The monoisotopic (exact) mass is 339 g/mol. The second-order valence-electron chi connectivity index (χ2n) is 6.02. The van der Waals surface area contributed by atoms with Crippen LogP contribution in [0.3, 0.4) is 0 Å². The van der Waals surface area contributed by atoms with E-state index < -0.39 is 0 Å². The average Bonchev–Trinajstić information content (AvgIpc) is 3.47. The molecule has 1 N–H and O–H groups in total. The minimum atomic E-state index is -0.202. The van der Waals surface area contributed by atoms with Gasteiger partial charge in [-0.05, 0) is 36.6 Å². The molecular formula is C19H21N3O3. The molecule has 6 heteroatoms. The fourth-order valence-corrected chi connectivity index (χ4v) is 2.46. The predicted molar refractivity (Wildman–Crippen MR) is 95.5 cm³/mol. The summed E-state index contributed by atoms with van der Waals surface area (Å²) >= 11 is 0. The minimum absolute atomic E-state index is 0.0695. The fraction of sp³-hybridized carbons (Fsp3) is 0.316. The lowest BCUT2D eigenvalue weighted by molar-refractivity contribution is -0.116. The number of hydrogen-bond donors (Lipinski definition) is 1. The van der Waals surface area contributed by atoms with Crippen molar-refractivity contribution in [2.45, 2.75) is 25.3 Å².